The van der Waals surface area contributed by atoms with Gasteiger partial charge in [-0.05, 0) is 61.1 Å². The van der Waals surface area contributed by atoms with Crippen molar-refractivity contribution in [3.8, 4) is 0 Å². The van der Waals surface area contributed by atoms with Crippen LogP contribution in [-0.4, -0.2) is 57.1 Å². The third-order valence-electron chi connectivity index (χ3n) is 8.48. The number of amides is 3. The van der Waals surface area contributed by atoms with Crippen LogP contribution in [0.15, 0.2) is 78.9 Å². The monoisotopic (exact) mass is 583 g/mol. The largest absolute Gasteiger partial charge is 0.378 e. The number of carbonyl (C=O) groups is 2. The van der Waals surface area contributed by atoms with E-state index < -0.39 is 6.03 Å². The van der Waals surface area contributed by atoms with Crippen LogP contribution in [0.5, 0.6) is 0 Å². The molecule has 0 aromatic heterocycles. The summed E-state index contributed by atoms with van der Waals surface area (Å²) < 4.78 is 0. The molecular weight excluding hydrogens is 534 g/mol. The first-order valence-corrected chi connectivity index (χ1v) is 15.9. The summed E-state index contributed by atoms with van der Waals surface area (Å²) in [5, 5.41) is 3.23. The van der Waals surface area contributed by atoms with Gasteiger partial charge in [-0.1, -0.05) is 93.3 Å². The van der Waals surface area contributed by atoms with Gasteiger partial charge in [0, 0.05) is 39.4 Å². The van der Waals surface area contributed by atoms with Crippen LogP contribution in [0.2, 0.25) is 0 Å². The number of urea groups is 1. The standard InChI is InChI=1S/C36H49N5O2/c1-4-5-6-7-14-24-41(36(37)43)33-22-21-31(39(2)3)25-32(33)35(42)38-26-28-16-15-23-40(27-28)34(29-17-10-8-11-18-29)30-19-12-9-13-20-30/h8-13,17-22,25,28,34H,4-7,14-16,23-24,26-27H2,1-3H3,(H2,37,43)(H,38,42). The zero-order valence-corrected chi connectivity index (χ0v) is 26.2. The molecule has 1 fully saturated rings. The number of carbonyl (C=O) groups excluding carboxylic acids is 2. The minimum absolute atomic E-state index is 0.171. The average Bonchev–Trinajstić information content (AvgIpc) is 3.02. The van der Waals surface area contributed by atoms with E-state index >= 15 is 0 Å². The Morgan fingerprint density at radius 1 is 0.930 bits per heavy atom. The topological polar surface area (TPSA) is 81.9 Å². The highest BCUT2D eigenvalue weighted by Gasteiger charge is 2.29. The van der Waals surface area contributed by atoms with E-state index in [0.29, 0.717) is 30.3 Å². The SMILES string of the molecule is CCCCCCCN(C(N)=O)c1ccc(N(C)C)cc1C(=O)NCC1CCCN(C(c2ccccc2)c2ccccc2)C1. The van der Waals surface area contributed by atoms with Crippen LogP contribution < -0.4 is 20.9 Å². The molecule has 3 amide bonds. The van der Waals surface area contributed by atoms with Crippen molar-refractivity contribution in [2.75, 3.05) is 50.1 Å². The van der Waals surface area contributed by atoms with E-state index in [1.807, 2.05) is 37.2 Å². The second-order valence-corrected chi connectivity index (χ2v) is 11.9. The molecule has 230 valence electrons. The fourth-order valence-corrected chi connectivity index (χ4v) is 6.16. The molecule has 1 aliphatic rings. The molecule has 1 aliphatic heterocycles. The van der Waals surface area contributed by atoms with Crippen molar-refractivity contribution in [1.82, 2.24) is 10.2 Å². The molecular formula is C36H49N5O2. The quantitative estimate of drug-likeness (QED) is 0.204. The van der Waals surface area contributed by atoms with Gasteiger partial charge < -0.3 is 16.0 Å². The summed E-state index contributed by atoms with van der Waals surface area (Å²) in [4.78, 5) is 32.4. The number of primary amides is 1. The molecule has 7 heteroatoms. The maximum Gasteiger partial charge on any atom is 0.319 e. The Labute approximate surface area is 258 Å². The lowest BCUT2D eigenvalue weighted by Gasteiger charge is -2.39. The zero-order valence-electron chi connectivity index (χ0n) is 26.2. The molecule has 0 radical (unpaired) electrons. The highest BCUT2D eigenvalue weighted by Crippen LogP contribution is 2.33. The molecule has 1 heterocycles. The number of benzene rings is 3. The number of anilines is 2. The van der Waals surface area contributed by atoms with E-state index in [1.54, 1.807) is 4.90 Å². The van der Waals surface area contributed by atoms with Crippen molar-refractivity contribution < 1.29 is 9.59 Å². The van der Waals surface area contributed by atoms with E-state index in [1.165, 1.54) is 17.5 Å². The van der Waals surface area contributed by atoms with Gasteiger partial charge in [0.2, 0.25) is 0 Å². The molecule has 0 aliphatic carbocycles. The van der Waals surface area contributed by atoms with Crippen LogP contribution in [0, 0.1) is 5.92 Å². The number of nitrogens with two attached hydrogens (primary N) is 1. The lowest BCUT2D eigenvalue weighted by Crippen LogP contribution is -2.43. The predicted molar refractivity (Wildman–Crippen MR) is 178 cm³/mol. The smallest absolute Gasteiger partial charge is 0.319 e. The van der Waals surface area contributed by atoms with Crippen molar-refractivity contribution in [3.05, 3.63) is 95.6 Å². The van der Waals surface area contributed by atoms with Crippen LogP contribution in [0.4, 0.5) is 16.2 Å². The molecule has 1 saturated heterocycles. The number of unbranched alkanes of at least 4 members (excludes halogenated alkanes) is 4. The summed E-state index contributed by atoms with van der Waals surface area (Å²) in [5.74, 6) is 0.148. The second-order valence-electron chi connectivity index (χ2n) is 11.9. The van der Waals surface area contributed by atoms with E-state index in [2.05, 4.69) is 77.8 Å². The Bertz CT molecular complexity index is 1260. The van der Waals surface area contributed by atoms with Crippen molar-refractivity contribution in [2.45, 2.75) is 57.9 Å². The number of nitrogens with zero attached hydrogens (tertiary/aromatic N) is 3. The van der Waals surface area contributed by atoms with E-state index in [0.717, 1.165) is 57.3 Å². The van der Waals surface area contributed by atoms with Gasteiger partial charge in [0.25, 0.3) is 5.91 Å². The molecule has 1 unspecified atom stereocenters. The van der Waals surface area contributed by atoms with E-state index in [4.69, 9.17) is 5.73 Å². The summed E-state index contributed by atoms with van der Waals surface area (Å²) in [6.07, 6.45) is 7.48. The van der Waals surface area contributed by atoms with Gasteiger partial charge >= 0.3 is 6.03 Å². The minimum Gasteiger partial charge on any atom is -0.378 e. The number of nitrogens with one attached hydrogen (secondary N) is 1. The Balaban J connectivity index is 1.49. The second kappa shape index (κ2) is 16.1. The first-order chi connectivity index (χ1) is 20.9. The maximum atomic E-state index is 13.8. The highest BCUT2D eigenvalue weighted by molar-refractivity contribution is 6.05. The van der Waals surface area contributed by atoms with Crippen LogP contribution in [0.25, 0.3) is 0 Å². The van der Waals surface area contributed by atoms with Crippen molar-refractivity contribution >= 4 is 23.3 Å². The lowest BCUT2D eigenvalue weighted by molar-refractivity contribution is 0.0923. The number of likely N-dealkylation sites (tertiary alicyclic amines) is 1. The number of hydrogen-bond acceptors (Lipinski definition) is 4. The average molecular weight is 584 g/mol. The van der Waals surface area contributed by atoms with Gasteiger partial charge in [0.05, 0.1) is 17.3 Å². The Kier molecular flexibility index (Phi) is 12.0. The van der Waals surface area contributed by atoms with Gasteiger partial charge in [-0.15, -0.1) is 0 Å². The predicted octanol–water partition coefficient (Wildman–Crippen LogP) is 6.84. The minimum atomic E-state index is -0.530. The molecule has 0 spiro atoms. The number of rotatable bonds is 14. The lowest BCUT2D eigenvalue weighted by atomic mass is 9.91. The normalized spacial score (nSPS) is 15.3. The fraction of sp³-hybridized carbons (Fsp3) is 0.444. The van der Waals surface area contributed by atoms with E-state index in [9.17, 15) is 9.59 Å². The van der Waals surface area contributed by atoms with Crippen LogP contribution >= 0.6 is 0 Å². The third-order valence-corrected chi connectivity index (χ3v) is 8.48. The van der Waals surface area contributed by atoms with Crippen molar-refractivity contribution in [3.63, 3.8) is 0 Å². The molecule has 4 rings (SSSR count). The summed E-state index contributed by atoms with van der Waals surface area (Å²) in [6, 6.07) is 26.7. The summed E-state index contributed by atoms with van der Waals surface area (Å²) in [7, 11) is 3.89. The van der Waals surface area contributed by atoms with Gasteiger partial charge in [-0.25, -0.2) is 4.79 Å². The zero-order chi connectivity index (χ0) is 30.6. The Morgan fingerprint density at radius 3 is 2.19 bits per heavy atom. The summed E-state index contributed by atoms with van der Waals surface area (Å²) >= 11 is 0. The third kappa shape index (κ3) is 8.83. The first-order valence-electron chi connectivity index (χ1n) is 15.9. The summed E-state index contributed by atoms with van der Waals surface area (Å²) in [6.45, 7) is 5.16. The molecule has 1 atom stereocenters. The molecule has 43 heavy (non-hydrogen) atoms. The Morgan fingerprint density at radius 2 is 1.58 bits per heavy atom. The molecule has 3 aromatic rings. The summed E-state index contributed by atoms with van der Waals surface area (Å²) in [5.41, 5.74) is 10.4. The van der Waals surface area contributed by atoms with Gasteiger partial charge in [0.15, 0.2) is 0 Å². The van der Waals surface area contributed by atoms with Crippen LogP contribution in [0.3, 0.4) is 0 Å². The van der Waals surface area contributed by atoms with Crippen molar-refractivity contribution in [1.29, 1.82) is 0 Å². The number of hydrogen-bond donors (Lipinski definition) is 2. The van der Waals surface area contributed by atoms with Gasteiger partial charge in [-0.2, -0.15) is 0 Å². The van der Waals surface area contributed by atoms with Gasteiger partial charge in [-0.3, -0.25) is 14.6 Å². The van der Waals surface area contributed by atoms with Crippen LogP contribution in [0.1, 0.15) is 79.4 Å². The molecule has 0 bridgehead atoms. The highest BCUT2D eigenvalue weighted by atomic mass is 16.2. The van der Waals surface area contributed by atoms with E-state index in [-0.39, 0.29) is 11.9 Å². The molecule has 0 saturated carbocycles. The van der Waals surface area contributed by atoms with Gasteiger partial charge in [0.1, 0.15) is 0 Å². The molecule has 3 N–H and O–H groups in total. The van der Waals surface area contributed by atoms with Crippen LogP contribution in [-0.2, 0) is 0 Å². The van der Waals surface area contributed by atoms with Crippen molar-refractivity contribution in [2.24, 2.45) is 11.7 Å². The number of piperidine rings is 1. The Hall–Kier alpha value is -3.84. The fourth-order valence-electron chi connectivity index (χ4n) is 6.16. The first kappa shape index (κ1) is 32.1. The maximum absolute atomic E-state index is 13.8. The molecule has 7 nitrogen and oxygen atoms in total. The molecule has 3 aromatic carbocycles.